The summed E-state index contributed by atoms with van der Waals surface area (Å²) in [5.74, 6) is 0.796. The summed E-state index contributed by atoms with van der Waals surface area (Å²) < 4.78 is 0. The van der Waals surface area contributed by atoms with Gasteiger partial charge < -0.3 is 10.8 Å². The van der Waals surface area contributed by atoms with E-state index in [0.29, 0.717) is 6.54 Å². The van der Waals surface area contributed by atoms with Gasteiger partial charge in [-0.15, -0.1) is 0 Å². The number of hydrogen-bond acceptors (Lipinski definition) is 3. The van der Waals surface area contributed by atoms with Gasteiger partial charge in [-0.25, -0.2) is 0 Å². The first-order valence-electron chi connectivity index (χ1n) is 5.59. The fraction of sp³-hybridized carbons (Fsp3) is 0.583. The number of pyridine rings is 1. The average Bonchev–Trinajstić information content (AvgIpc) is 3.04. The van der Waals surface area contributed by atoms with E-state index in [-0.39, 0.29) is 12.0 Å². The summed E-state index contributed by atoms with van der Waals surface area (Å²) in [5, 5.41) is 10.1. The van der Waals surface area contributed by atoms with E-state index in [1.54, 1.807) is 12.4 Å². The van der Waals surface area contributed by atoms with Gasteiger partial charge in [-0.05, 0) is 30.0 Å². The summed E-state index contributed by atoms with van der Waals surface area (Å²) in [5.41, 5.74) is 6.82. The molecule has 15 heavy (non-hydrogen) atoms. The third kappa shape index (κ3) is 2.76. The highest BCUT2D eigenvalue weighted by atomic mass is 16.3. The van der Waals surface area contributed by atoms with Crippen LogP contribution in [-0.4, -0.2) is 22.7 Å². The Bertz CT molecular complexity index is 298. The second-order valence-corrected chi connectivity index (χ2v) is 4.37. The zero-order valence-electron chi connectivity index (χ0n) is 8.84. The van der Waals surface area contributed by atoms with Crippen molar-refractivity contribution in [3.63, 3.8) is 0 Å². The predicted molar refractivity (Wildman–Crippen MR) is 59.4 cm³/mol. The number of rotatable bonds is 5. The van der Waals surface area contributed by atoms with Crippen molar-refractivity contribution in [1.29, 1.82) is 0 Å². The SMILES string of the molecule is NCC(c1ccncc1)C(O)CC1CC1. The second-order valence-electron chi connectivity index (χ2n) is 4.37. The van der Waals surface area contributed by atoms with Gasteiger partial charge in [-0.2, -0.15) is 0 Å². The minimum atomic E-state index is -0.301. The summed E-state index contributed by atoms with van der Waals surface area (Å²) >= 11 is 0. The highest BCUT2D eigenvalue weighted by molar-refractivity contribution is 5.17. The van der Waals surface area contributed by atoms with Crippen molar-refractivity contribution < 1.29 is 5.11 Å². The van der Waals surface area contributed by atoms with E-state index in [0.717, 1.165) is 17.9 Å². The summed E-state index contributed by atoms with van der Waals surface area (Å²) in [6, 6.07) is 3.88. The maximum absolute atomic E-state index is 10.1. The molecule has 0 amide bonds. The maximum atomic E-state index is 10.1. The molecule has 1 heterocycles. The highest BCUT2D eigenvalue weighted by Crippen LogP contribution is 2.36. The average molecular weight is 206 g/mol. The molecular formula is C12H18N2O. The Balaban J connectivity index is 2.01. The van der Waals surface area contributed by atoms with Crippen LogP contribution >= 0.6 is 0 Å². The van der Waals surface area contributed by atoms with Crippen molar-refractivity contribution in [2.45, 2.75) is 31.3 Å². The standard InChI is InChI=1S/C12H18N2O/c13-8-11(10-3-5-14-6-4-10)12(15)7-9-1-2-9/h3-6,9,11-12,15H,1-2,7-8,13H2. The molecule has 3 nitrogen and oxygen atoms in total. The molecule has 0 spiro atoms. The van der Waals surface area contributed by atoms with Crippen LogP contribution in [0.5, 0.6) is 0 Å². The molecule has 3 N–H and O–H groups in total. The van der Waals surface area contributed by atoms with E-state index in [2.05, 4.69) is 4.98 Å². The van der Waals surface area contributed by atoms with Crippen LogP contribution in [-0.2, 0) is 0 Å². The van der Waals surface area contributed by atoms with E-state index in [1.807, 2.05) is 12.1 Å². The van der Waals surface area contributed by atoms with Gasteiger partial charge in [-0.3, -0.25) is 4.98 Å². The van der Waals surface area contributed by atoms with Crippen LogP contribution in [0.2, 0.25) is 0 Å². The summed E-state index contributed by atoms with van der Waals surface area (Å²) in [4.78, 5) is 3.97. The number of aliphatic hydroxyl groups excluding tert-OH is 1. The molecule has 0 saturated heterocycles. The Morgan fingerprint density at radius 1 is 1.40 bits per heavy atom. The molecule has 1 saturated carbocycles. The van der Waals surface area contributed by atoms with Gasteiger partial charge in [0.1, 0.15) is 0 Å². The van der Waals surface area contributed by atoms with Crippen molar-refractivity contribution in [2.75, 3.05) is 6.54 Å². The lowest BCUT2D eigenvalue weighted by molar-refractivity contribution is 0.129. The number of nitrogens with two attached hydrogens (primary N) is 1. The molecular weight excluding hydrogens is 188 g/mol. The van der Waals surface area contributed by atoms with Crippen molar-refractivity contribution in [1.82, 2.24) is 4.98 Å². The van der Waals surface area contributed by atoms with Gasteiger partial charge in [0.15, 0.2) is 0 Å². The van der Waals surface area contributed by atoms with Crippen LogP contribution in [0.4, 0.5) is 0 Å². The quantitative estimate of drug-likeness (QED) is 0.763. The zero-order chi connectivity index (χ0) is 10.7. The first-order chi connectivity index (χ1) is 7.31. The van der Waals surface area contributed by atoms with Crippen LogP contribution in [0.1, 0.15) is 30.7 Å². The highest BCUT2D eigenvalue weighted by Gasteiger charge is 2.28. The van der Waals surface area contributed by atoms with E-state index >= 15 is 0 Å². The second kappa shape index (κ2) is 4.73. The van der Waals surface area contributed by atoms with E-state index in [1.165, 1.54) is 12.8 Å². The Kier molecular flexibility index (Phi) is 3.34. The molecule has 2 atom stereocenters. The molecule has 0 bridgehead atoms. The first kappa shape index (κ1) is 10.6. The number of hydrogen-bond donors (Lipinski definition) is 2. The van der Waals surface area contributed by atoms with Crippen molar-refractivity contribution in [2.24, 2.45) is 11.7 Å². The summed E-state index contributed by atoms with van der Waals surface area (Å²) in [7, 11) is 0. The topological polar surface area (TPSA) is 59.1 Å². The molecule has 0 aliphatic heterocycles. The Labute approximate surface area is 90.3 Å². The summed E-state index contributed by atoms with van der Waals surface area (Å²) in [6.07, 6.45) is 6.63. The van der Waals surface area contributed by atoms with Crippen LogP contribution in [0, 0.1) is 5.92 Å². The monoisotopic (exact) mass is 206 g/mol. The Hall–Kier alpha value is -0.930. The van der Waals surface area contributed by atoms with Crippen molar-refractivity contribution in [3.8, 4) is 0 Å². The molecule has 1 aromatic rings. The van der Waals surface area contributed by atoms with Crippen LogP contribution in [0.25, 0.3) is 0 Å². The third-order valence-electron chi connectivity index (χ3n) is 3.12. The first-order valence-corrected chi connectivity index (χ1v) is 5.59. The van der Waals surface area contributed by atoms with E-state index in [4.69, 9.17) is 5.73 Å². The fourth-order valence-corrected chi connectivity index (χ4v) is 1.99. The molecule has 1 aliphatic rings. The minimum absolute atomic E-state index is 0.0635. The van der Waals surface area contributed by atoms with Crippen LogP contribution in [0.3, 0.4) is 0 Å². The number of nitrogens with zero attached hydrogens (tertiary/aromatic N) is 1. The van der Waals surface area contributed by atoms with Gasteiger partial charge in [0.25, 0.3) is 0 Å². The van der Waals surface area contributed by atoms with Gasteiger partial charge in [0.05, 0.1) is 6.10 Å². The molecule has 82 valence electrons. The molecule has 1 fully saturated rings. The number of aromatic nitrogens is 1. The normalized spacial score (nSPS) is 19.9. The van der Waals surface area contributed by atoms with E-state index < -0.39 is 0 Å². The largest absolute Gasteiger partial charge is 0.392 e. The van der Waals surface area contributed by atoms with Crippen molar-refractivity contribution in [3.05, 3.63) is 30.1 Å². The Morgan fingerprint density at radius 3 is 2.60 bits per heavy atom. The third-order valence-corrected chi connectivity index (χ3v) is 3.12. The molecule has 0 radical (unpaired) electrons. The fourth-order valence-electron chi connectivity index (χ4n) is 1.99. The lowest BCUT2D eigenvalue weighted by atomic mass is 9.91. The van der Waals surface area contributed by atoms with Crippen molar-refractivity contribution >= 4 is 0 Å². The number of aliphatic hydroxyl groups is 1. The summed E-state index contributed by atoms with van der Waals surface area (Å²) in [6.45, 7) is 0.498. The lowest BCUT2D eigenvalue weighted by Crippen LogP contribution is -2.26. The maximum Gasteiger partial charge on any atom is 0.0623 e. The van der Waals surface area contributed by atoms with Crippen LogP contribution < -0.4 is 5.73 Å². The lowest BCUT2D eigenvalue weighted by Gasteiger charge is -2.21. The smallest absolute Gasteiger partial charge is 0.0623 e. The predicted octanol–water partition coefficient (Wildman–Crippen LogP) is 1.28. The zero-order valence-corrected chi connectivity index (χ0v) is 8.84. The molecule has 3 heteroatoms. The van der Waals surface area contributed by atoms with Gasteiger partial charge in [0.2, 0.25) is 0 Å². The van der Waals surface area contributed by atoms with E-state index in [9.17, 15) is 5.11 Å². The molecule has 1 aliphatic carbocycles. The van der Waals surface area contributed by atoms with Gasteiger partial charge in [-0.1, -0.05) is 12.8 Å². The molecule has 2 unspecified atom stereocenters. The van der Waals surface area contributed by atoms with Gasteiger partial charge in [0, 0.05) is 24.9 Å². The molecule has 0 aromatic carbocycles. The molecule has 1 aromatic heterocycles. The van der Waals surface area contributed by atoms with Crippen LogP contribution in [0.15, 0.2) is 24.5 Å². The minimum Gasteiger partial charge on any atom is -0.392 e. The molecule has 2 rings (SSSR count). The van der Waals surface area contributed by atoms with Gasteiger partial charge >= 0.3 is 0 Å². The Morgan fingerprint density at radius 2 is 2.07 bits per heavy atom.